The molecule has 0 bridgehead atoms. The molecule has 1 fully saturated rings. The van der Waals surface area contributed by atoms with E-state index >= 15 is 0 Å². The molecule has 3 aromatic heterocycles. The first kappa shape index (κ1) is 21.9. The molecule has 1 amide bonds. The summed E-state index contributed by atoms with van der Waals surface area (Å²) in [5, 5.41) is 10.6. The Balaban J connectivity index is 1.22. The Bertz CT molecular complexity index is 1560. The Labute approximate surface area is 205 Å². The first-order valence-electron chi connectivity index (χ1n) is 11.4. The largest absolute Gasteiger partial charge is 0.378 e. The first-order valence-corrected chi connectivity index (χ1v) is 11.4. The smallest absolute Gasteiger partial charge is 0.270 e. The summed E-state index contributed by atoms with van der Waals surface area (Å²) in [5.74, 6) is 0.623. The second-order valence-corrected chi connectivity index (χ2v) is 8.62. The lowest BCUT2D eigenvalue weighted by molar-refractivity contribution is -0.0194. The second-order valence-electron chi connectivity index (χ2n) is 8.62. The van der Waals surface area contributed by atoms with Gasteiger partial charge in [-0.1, -0.05) is 12.1 Å². The molecule has 0 unspecified atom stereocenters. The number of aromatic nitrogens is 5. The highest BCUT2D eigenvalue weighted by Gasteiger charge is 2.31. The van der Waals surface area contributed by atoms with Crippen LogP contribution >= 0.6 is 0 Å². The van der Waals surface area contributed by atoms with Crippen molar-refractivity contribution < 1.29 is 13.9 Å². The number of amides is 1. The molecular weight excluding hydrogens is 461 g/mol. The second kappa shape index (κ2) is 8.90. The van der Waals surface area contributed by atoms with Crippen LogP contribution in [-0.4, -0.2) is 62.3 Å². The van der Waals surface area contributed by atoms with Gasteiger partial charge < -0.3 is 19.9 Å². The molecule has 0 radical (unpaired) electrons. The summed E-state index contributed by atoms with van der Waals surface area (Å²) in [6.45, 7) is 1.19. The zero-order chi connectivity index (χ0) is 24.6. The number of anilines is 2. The van der Waals surface area contributed by atoms with Crippen LogP contribution in [0.5, 0.6) is 0 Å². The van der Waals surface area contributed by atoms with Crippen LogP contribution < -0.4 is 5.32 Å². The van der Waals surface area contributed by atoms with Gasteiger partial charge in [-0.25, -0.2) is 14.4 Å². The van der Waals surface area contributed by atoms with Crippen molar-refractivity contribution in [3.8, 4) is 22.5 Å². The molecule has 5 aromatic rings. The topological polar surface area (TPSA) is 112 Å². The van der Waals surface area contributed by atoms with Crippen LogP contribution in [0.2, 0.25) is 0 Å². The number of halogens is 1. The third-order valence-corrected chi connectivity index (χ3v) is 6.29. The number of rotatable bonds is 6. The van der Waals surface area contributed by atoms with Crippen LogP contribution in [0.1, 0.15) is 10.5 Å². The average Bonchev–Trinajstić information content (AvgIpc) is 3.53. The number of nitrogens with one attached hydrogen (secondary N) is 3. The van der Waals surface area contributed by atoms with Crippen molar-refractivity contribution in [1.29, 1.82) is 0 Å². The van der Waals surface area contributed by atoms with Crippen molar-refractivity contribution in [3.05, 3.63) is 78.6 Å². The molecule has 9 nitrogen and oxygen atoms in total. The van der Waals surface area contributed by atoms with E-state index in [4.69, 9.17) is 4.74 Å². The van der Waals surface area contributed by atoms with E-state index < -0.39 is 0 Å². The molecule has 1 saturated heterocycles. The maximum absolute atomic E-state index is 14.6. The SMILES string of the molecule is COC1CN(C(=O)c2cc3ccc(-c4nccc(Nc5ccc(-c6cn[nH]c6)c(F)c5)n4)cc3[nH]2)C1. The van der Waals surface area contributed by atoms with Crippen LogP contribution in [-0.2, 0) is 4.74 Å². The van der Waals surface area contributed by atoms with E-state index in [0.717, 1.165) is 16.5 Å². The number of hydrogen-bond acceptors (Lipinski definition) is 6. The van der Waals surface area contributed by atoms with Gasteiger partial charge >= 0.3 is 0 Å². The monoisotopic (exact) mass is 483 g/mol. The van der Waals surface area contributed by atoms with Gasteiger partial charge in [0.05, 0.1) is 12.3 Å². The minimum absolute atomic E-state index is 0.0467. The average molecular weight is 484 g/mol. The summed E-state index contributed by atoms with van der Waals surface area (Å²) >= 11 is 0. The third kappa shape index (κ3) is 4.07. The minimum atomic E-state index is -0.366. The lowest BCUT2D eigenvalue weighted by Gasteiger charge is -2.37. The van der Waals surface area contributed by atoms with E-state index in [0.29, 0.717) is 47.2 Å². The van der Waals surface area contributed by atoms with Gasteiger partial charge in [0, 0.05) is 65.9 Å². The first-order chi connectivity index (χ1) is 17.6. The molecule has 1 aliphatic heterocycles. The van der Waals surface area contributed by atoms with Crippen molar-refractivity contribution in [3.63, 3.8) is 0 Å². The molecule has 3 N–H and O–H groups in total. The van der Waals surface area contributed by atoms with Gasteiger partial charge in [-0.2, -0.15) is 5.10 Å². The zero-order valence-corrected chi connectivity index (χ0v) is 19.3. The lowest BCUT2D eigenvalue weighted by Crippen LogP contribution is -2.54. The fourth-order valence-electron chi connectivity index (χ4n) is 4.25. The summed E-state index contributed by atoms with van der Waals surface area (Å²) in [6.07, 6.45) is 4.96. The highest BCUT2D eigenvalue weighted by atomic mass is 19.1. The molecule has 180 valence electrons. The summed E-state index contributed by atoms with van der Waals surface area (Å²) in [6, 6.07) is 14.2. The molecule has 6 rings (SSSR count). The molecule has 0 spiro atoms. The summed E-state index contributed by atoms with van der Waals surface area (Å²) in [7, 11) is 1.65. The van der Waals surface area contributed by atoms with Crippen LogP contribution in [0.3, 0.4) is 0 Å². The number of nitrogens with zero attached hydrogens (tertiary/aromatic N) is 4. The normalized spacial score (nSPS) is 13.7. The van der Waals surface area contributed by atoms with Gasteiger partial charge in [-0.15, -0.1) is 0 Å². The minimum Gasteiger partial charge on any atom is -0.378 e. The van der Waals surface area contributed by atoms with Crippen molar-refractivity contribution in [2.75, 3.05) is 25.5 Å². The number of likely N-dealkylation sites (tertiary alicyclic amines) is 1. The predicted molar refractivity (Wildman–Crippen MR) is 133 cm³/mol. The predicted octanol–water partition coefficient (Wildman–Crippen LogP) is 4.37. The van der Waals surface area contributed by atoms with E-state index in [2.05, 4.69) is 30.5 Å². The number of ether oxygens (including phenoxy) is 1. The van der Waals surface area contributed by atoms with Crippen LogP contribution in [0.15, 0.2) is 67.1 Å². The van der Waals surface area contributed by atoms with E-state index in [1.54, 1.807) is 48.8 Å². The quantitative estimate of drug-likeness (QED) is 0.331. The van der Waals surface area contributed by atoms with Crippen molar-refractivity contribution >= 4 is 28.3 Å². The Morgan fingerprint density at radius 1 is 1.14 bits per heavy atom. The number of benzene rings is 2. The molecule has 0 atom stereocenters. The Hall–Kier alpha value is -4.57. The number of aromatic amines is 2. The number of carbonyl (C=O) groups excluding carboxylic acids is 1. The molecule has 0 saturated carbocycles. The third-order valence-electron chi connectivity index (χ3n) is 6.29. The highest BCUT2D eigenvalue weighted by Crippen LogP contribution is 2.27. The summed E-state index contributed by atoms with van der Waals surface area (Å²) in [5.41, 5.74) is 3.85. The zero-order valence-electron chi connectivity index (χ0n) is 19.3. The van der Waals surface area contributed by atoms with Gasteiger partial charge in [0.2, 0.25) is 0 Å². The van der Waals surface area contributed by atoms with E-state index in [1.807, 2.05) is 24.3 Å². The van der Waals surface area contributed by atoms with E-state index in [9.17, 15) is 9.18 Å². The number of hydrogen-bond donors (Lipinski definition) is 3. The number of carbonyl (C=O) groups is 1. The van der Waals surface area contributed by atoms with Crippen LogP contribution in [0.25, 0.3) is 33.4 Å². The van der Waals surface area contributed by atoms with Crippen LogP contribution in [0, 0.1) is 5.82 Å². The van der Waals surface area contributed by atoms with Gasteiger partial charge in [-0.3, -0.25) is 9.89 Å². The van der Waals surface area contributed by atoms with Gasteiger partial charge in [0.15, 0.2) is 5.82 Å². The molecule has 0 aliphatic carbocycles. The molecule has 2 aromatic carbocycles. The Kier molecular flexibility index (Phi) is 5.42. The highest BCUT2D eigenvalue weighted by molar-refractivity contribution is 5.99. The number of H-pyrrole nitrogens is 2. The van der Waals surface area contributed by atoms with Crippen molar-refractivity contribution in [2.45, 2.75) is 6.10 Å². The number of fused-ring (bicyclic) bond motifs is 1. The summed E-state index contributed by atoms with van der Waals surface area (Å²) in [4.78, 5) is 26.7. The standard InChI is InChI=1S/C26H22FN7O2/c1-36-19-13-34(14-19)26(35)23-8-15-2-3-16(9-22(15)32-23)25-28-7-6-24(33-25)31-18-4-5-20(21(27)10-18)17-11-29-30-12-17/h2-12,19,32H,13-14H2,1H3,(H,29,30)(H,28,31,33). The van der Waals surface area contributed by atoms with Crippen LogP contribution in [0.4, 0.5) is 15.9 Å². The Morgan fingerprint density at radius 3 is 2.81 bits per heavy atom. The lowest BCUT2D eigenvalue weighted by atomic mass is 10.1. The van der Waals surface area contributed by atoms with Crippen molar-refractivity contribution in [2.24, 2.45) is 0 Å². The maximum Gasteiger partial charge on any atom is 0.270 e. The van der Waals surface area contributed by atoms with Gasteiger partial charge in [0.25, 0.3) is 5.91 Å². The van der Waals surface area contributed by atoms with Gasteiger partial charge in [0.1, 0.15) is 17.3 Å². The number of methoxy groups -OCH3 is 1. The molecular formula is C26H22FN7O2. The molecule has 1 aliphatic rings. The van der Waals surface area contributed by atoms with E-state index in [1.165, 1.54) is 6.07 Å². The maximum atomic E-state index is 14.6. The Morgan fingerprint density at radius 2 is 2.03 bits per heavy atom. The van der Waals surface area contributed by atoms with E-state index in [-0.39, 0.29) is 17.8 Å². The molecule has 4 heterocycles. The molecule has 36 heavy (non-hydrogen) atoms. The fraction of sp³-hybridized carbons (Fsp3) is 0.154. The summed E-state index contributed by atoms with van der Waals surface area (Å²) < 4.78 is 19.9. The van der Waals surface area contributed by atoms with Crippen molar-refractivity contribution in [1.82, 2.24) is 30.0 Å². The molecule has 10 heteroatoms. The fourth-order valence-corrected chi connectivity index (χ4v) is 4.25. The van der Waals surface area contributed by atoms with Gasteiger partial charge in [-0.05, 0) is 36.4 Å².